The third-order valence-electron chi connectivity index (χ3n) is 2.99. The first kappa shape index (κ1) is 19.4. The molecule has 1 heterocycles. The zero-order valence-corrected chi connectivity index (χ0v) is 13.2. The van der Waals surface area contributed by atoms with E-state index in [-0.39, 0.29) is 12.4 Å². The summed E-state index contributed by atoms with van der Waals surface area (Å²) in [6, 6.07) is 3.21. The van der Waals surface area contributed by atoms with Gasteiger partial charge in [-0.25, -0.2) is 4.98 Å². The largest absolute Gasteiger partial charge is 0.478 e. The van der Waals surface area contributed by atoms with Crippen molar-refractivity contribution in [2.75, 3.05) is 6.61 Å². The van der Waals surface area contributed by atoms with E-state index in [9.17, 15) is 4.79 Å². The molecule has 0 unspecified atom stereocenters. The van der Waals surface area contributed by atoms with Gasteiger partial charge in [0.2, 0.25) is 11.7 Å². The summed E-state index contributed by atoms with van der Waals surface area (Å²) >= 11 is 0. The van der Waals surface area contributed by atoms with Crippen molar-refractivity contribution in [1.82, 2.24) is 4.98 Å². The average Bonchev–Trinajstić information content (AvgIpc) is 2.46. The molecule has 3 N–H and O–H groups in total. The first-order valence-electron chi connectivity index (χ1n) is 7.12. The predicted octanol–water partition coefficient (Wildman–Crippen LogP) is 3.36. The Balaban J connectivity index is 0.00000400. The molecular formula is C15H24ClN3O2. The second-order valence-corrected chi connectivity index (χ2v) is 4.74. The average molecular weight is 314 g/mol. The number of carbonyl (C=O) groups excluding carboxylic acids is 1. The minimum Gasteiger partial charge on any atom is -0.478 e. The van der Waals surface area contributed by atoms with Gasteiger partial charge in [-0.3, -0.25) is 10.2 Å². The molecule has 0 aliphatic carbocycles. The van der Waals surface area contributed by atoms with Crippen LogP contribution in [0.1, 0.15) is 55.8 Å². The summed E-state index contributed by atoms with van der Waals surface area (Å²) < 4.78 is 5.50. The highest BCUT2D eigenvalue weighted by atomic mass is 35.5. The van der Waals surface area contributed by atoms with Gasteiger partial charge in [0.1, 0.15) is 0 Å². The third-order valence-corrected chi connectivity index (χ3v) is 2.99. The maximum Gasteiger partial charge on any atom is 0.228 e. The molecule has 0 aromatic carbocycles. The van der Waals surface area contributed by atoms with Crippen molar-refractivity contribution in [3.63, 3.8) is 0 Å². The van der Waals surface area contributed by atoms with Crippen LogP contribution in [0, 0.1) is 5.41 Å². The fourth-order valence-electron chi connectivity index (χ4n) is 1.81. The number of nitrogens with two attached hydrogens (primary N) is 1. The van der Waals surface area contributed by atoms with Gasteiger partial charge in [-0.15, -0.1) is 12.4 Å². The lowest BCUT2D eigenvalue weighted by atomic mass is 10.1. The lowest BCUT2D eigenvalue weighted by molar-refractivity contribution is 0.106. The summed E-state index contributed by atoms with van der Waals surface area (Å²) in [6.45, 7) is 2.84. The van der Waals surface area contributed by atoms with Crippen LogP contribution in [-0.4, -0.2) is 23.2 Å². The lowest BCUT2D eigenvalue weighted by Crippen LogP contribution is -2.22. The van der Waals surface area contributed by atoms with E-state index in [1.807, 2.05) is 0 Å². The highest BCUT2D eigenvalue weighted by Crippen LogP contribution is 2.10. The highest BCUT2D eigenvalue weighted by Gasteiger charge is 2.09. The predicted molar refractivity (Wildman–Crippen MR) is 86.6 cm³/mol. The van der Waals surface area contributed by atoms with Crippen molar-refractivity contribution in [1.29, 1.82) is 5.41 Å². The molecule has 1 rings (SSSR count). The zero-order chi connectivity index (χ0) is 14.8. The summed E-state index contributed by atoms with van der Waals surface area (Å²) in [5.74, 6) is -0.494. The Morgan fingerprint density at radius 1 is 1.24 bits per heavy atom. The number of ether oxygens (including phenoxy) is 1. The molecule has 1 aromatic rings. The van der Waals surface area contributed by atoms with Gasteiger partial charge in [0.05, 0.1) is 6.61 Å². The van der Waals surface area contributed by atoms with Crippen LogP contribution in [0.3, 0.4) is 0 Å². The molecule has 0 bridgehead atoms. The number of carbonyl (C=O) groups is 1. The van der Waals surface area contributed by atoms with E-state index in [1.165, 1.54) is 38.3 Å². The number of hydrogen-bond acceptors (Lipinski definition) is 4. The Morgan fingerprint density at radius 3 is 2.48 bits per heavy atom. The number of pyridine rings is 1. The van der Waals surface area contributed by atoms with E-state index in [2.05, 4.69) is 11.9 Å². The number of aromatic nitrogens is 1. The number of hydrogen-bond donors (Lipinski definition) is 2. The Hall–Kier alpha value is -1.62. The van der Waals surface area contributed by atoms with Crippen LogP contribution >= 0.6 is 12.4 Å². The summed E-state index contributed by atoms with van der Waals surface area (Å²) in [5, 5.41) is 7.07. The number of halogens is 1. The monoisotopic (exact) mass is 313 g/mol. The summed E-state index contributed by atoms with van der Waals surface area (Å²) in [5.41, 5.74) is 5.44. The smallest absolute Gasteiger partial charge is 0.228 e. The molecule has 0 saturated heterocycles. The first-order valence-corrected chi connectivity index (χ1v) is 7.12. The highest BCUT2D eigenvalue weighted by molar-refractivity contribution is 6.43. The molecule has 118 valence electrons. The third kappa shape index (κ3) is 7.66. The minimum atomic E-state index is -0.514. The van der Waals surface area contributed by atoms with Crippen LogP contribution < -0.4 is 10.5 Å². The number of Topliss-reactive ketones (excluding diaryl/α,β-unsaturated/α-hetero) is 1. The summed E-state index contributed by atoms with van der Waals surface area (Å²) in [6.07, 6.45) is 8.66. The van der Waals surface area contributed by atoms with Crippen LogP contribution in [0.4, 0.5) is 0 Å². The molecule has 6 heteroatoms. The number of ketones is 1. The number of unbranched alkanes of at least 4 members (excludes halogenated alkanes) is 5. The SMILES string of the molecule is CCCCCCCCOc1ccc(C(=O)C(=N)N)cn1.Cl. The second-order valence-electron chi connectivity index (χ2n) is 4.74. The van der Waals surface area contributed by atoms with Crippen LogP contribution in [-0.2, 0) is 0 Å². The molecule has 0 aliphatic heterocycles. The number of rotatable bonds is 10. The minimum absolute atomic E-state index is 0. The topological polar surface area (TPSA) is 89.1 Å². The Kier molecular flexibility index (Phi) is 10.2. The zero-order valence-electron chi connectivity index (χ0n) is 12.4. The van der Waals surface area contributed by atoms with Crippen molar-refractivity contribution in [3.05, 3.63) is 23.9 Å². The van der Waals surface area contributed by atoms with Crippen molar-refractivity contribution in [2.24, 2.45) is 5.73 Å². The van der Waals surface area contributed by atoms with Gasteiger partial charge >= 0.3 is 0 Å². The van der Waals surface area contributed by atoms with Crippen molar-refractivity contribution in [2.45, 2.75) is 45.4 Å². The van der Waals surface area contributed by atoms with Gasteiger partial charge in [-0.05, 0) is 12.5 Å². The fourth-order valence-corrected chi connectivity index (χ4v) is 1.81. The molecular weight excluding hydrogens is 290 g/mol. The Labute approximate surface area is 132 Å². The molecule has 5 nitrogen and oxygen atoms in total. The van der Waals surface area contributed by atoms with Crippen molar-refractivity contribution in [3.8, 4) is 5.88 Å². The molecule has 1 aromatic heterocycles. The molecule has 21 heavy (non-hydrogen) atoms. The Morgan fingerprint density at radius 2 is 1.90 bits per heavy atom. The maximum absolute atomic E-state index is 11.4. The lowest BCUT2D eigenvalue weighted by Gasteiger charge is -2.05. The standard InChI is InChI=1S/C15H23N3O2.ClH/c1-2-3-4-5-6-7-10-20-13-9-8-12(11-18-13)14(19)15(16)17;/h8-9,11H,2-7,10H2,1H3,(H3,16,17);1H. The van der Waals surface area contributed by atoms with Crippen LogP contribution in [0.2, 0.25) is 0 Å². The second kappa shape index (κ2) is 11.1. The van der Waals surface area contributed by atoms with Crippen molar-refractivity contribution < 1.29 is 9.53 Å². The molecule has 0 fully saturated rings. The van der Waals surface area contributed by atoms with Crippen LogP contribution in [0.25, 0.3) is 0 Å². The summed E-state index contributed by atoms with van der Waals surface area (Å²) in [4.78, 5) is 15.4. The van der Waals surface area contributed by atoms with Gasteiger partial charge in [-0.2, -0.15) is 0 Å². The van der Waals surface area contributed by atoms with Crippen LogP contribution in [0.15, 0.2) is 18.3 Å². The molecule has 0 amide bonds. The summed E-state index contributed by atoms with van der Waals surface area (Å²) in [7, 11) is 0. The van der Waals surface area contributed by atoms with Crippen LogP contribution in [0.5, 0.6) is 5.88 Å². The first-order chi connectivity index (χ1) is 9.65. The number of amidine groups is 1. The molecule has 0 saturated carbocycles. The van der Waals surface area contributed by atoms with E-state index in [4.69, 9.17) is 15.9 Å². The Bertz CT molecular complexity index is 435. The molecule has 0 radical (unpaired) electrons. The maximum atomic E-state index is 11.4. The van der Waals surface area contributed by atoms with E-state index in [1.54, 1.807) is 12.1 Å². The van der Waals surface area contributed by atoms with Gasteiger partial charge in [0.15, 0.2) is 5.84 Å². The quantitative estimate of drug-likeness (QED) is 0.300. The van der Waals surface area contributed by atoms with E-state index < -0.39 is 11.6 Å². The van der Waals surface area contributed by atoms with Gasteiger partial charge in [-0.1, -0.05) is 39.0 Å². The number of nitrogens with zero attached hydrogens (tertiary/aromatic N) is 1. The van der Waals surface area contributed by atoms with Gasteiger partial charge in [0, 0.05) is 17.8 Å². The van der Waals surface area contributed by atoms with E-state index in [0.29, 0.717) is 18.1 Å². The molecule has 0 spiro atoms. The molecule has 0 aliphatic rings. The fraction of sp³-hybridized carbons (Fsp3) is 0.533. The number of nitrogens with one attached hydrogen (secondary N) is 1. The van der Waals surface area contributed by atoms with Gasteiger partial charge < -0.3 is 10.5 Å². The van der Waals surface area contributed by atoms with E-state index in [0.717, 1.165) is 6.42 Å². The van der Waals surface area contributed by atoms with Gasteiger partial charge in [0.25, 0.3) is 0 Å². The normalized spacial score (nSPS) is 9.76. The van der Waals surface area contributed by atoms with E-state index >= 15 is 0 Å². The van der Waals surface area contributed by atoms with Crippen molar-refractivity contribution >= 4 is 24.0 Å². The molecule has 0 atom stereocenters.